The molecule has 1 aliphatic rings. The molecule has 2 rings (SSSR count). The summed E-state index contributed by atoms with van der Waals surface area (Å²) < 4.78 is 1.21. The van der Waals surface area contributed by atoms with E-state index in [1.807, 2.05) is 0 Å². The van der Waals surface area contributed by atoms with Crippen molar-refractivity contribution in [1.82, 2.24) is 5.32 Å². The minimum Gasteiger partial charge on any atom is -0.369 e. The topological polar surface area (TPSA) is 15.3 Å². The van der Waals surface area contributed by atoms with Crippen LogP contribution in [0.4, 0.5) is 5.69 Å². The third-order valence-corrected chi connectivity index (χ3v) is 5.05. The summed E-state index contributed by atoms with van der Waals surface area (Å²) in [4.78, 5) is 2.55. The first kappa shape index (κ1) is 16.8. The van der Waals surface area contributed by atoms with Crippen LogP contribution in [-0.4, -0.2) is 18.1 Å². The van der Waals surface area contributed by atoms with E-state index in [1.54, 1.807) is 0 Å². The largest absolute Gasteiger partial charge is 0.369 e. The highest BCUT2D eigenvalue weighted by atomic mass is 79.9. The van der Waals surface area contributed by atoms with Crippen LogP contribution in [0.2, 0.25) is 0 Å². The normalized spacial score (nSPS) is 23.4. The van der Waals surface area contributed by atoms with Crippen molar-refractivity contribution >= 4 is 21.6 Å². The van der Waals surface area contributed by atoms with Gasteiger partial charge in [-0.1, -0.05) is 28.9 Å². The van der Waals surface area contributed by atoms with E-state index < -0.39 is 0 Å². The first-order valence-electron chi connectivity index (χ1n) is 8.06. The Morgan fingerprint density at radius 1 is 1.29 bits per heavy atom. The maximum Gasteiger partial charge on any atom is 0.0380 e. The minimum atomic E-state index is 0.148. The number of benzene rings is 1. The molecule has 1 N–H and O–H groups in total. The monoisotopic (exact) mass is 352 g/mol. The Hall–Kier alpha value is -0.540. The van der Waals surface area contributed by atoms with Crippen molar-refractivity contribution < 1.29 is 0 Å². The smallest absolute Gasteiger partial charge is 0.0380 e. The molecule has 0 radical (unpaired) electrons. The lowest BCUT2D eigenvalue weighted by molar-refractivity contribution is 0.378. The van der Waals surface area contributed by atoms with E-state index in [1.165, 1.54) is 35.1 Å². The van der Waals surface area contributed by atoms with Crippen LogP contribution in [0.15, 0.2) is 22.7 Å². The number of hydrogen-bond donors (Lipinski definition) is 1. The summed E-state index contributed by atoms with van der Waals surface area (Å²) in [6, 6.07) is 7.45. The fourth-order valence-corrected chi connectivity index (χ4v) is 3.52. The zero-order chi connectivity index (χ0) is 15.6. The quantitative estimate of drug-likeness (QED) is 0.826. The highest BCUT2D eigenvalue weighted by molar-refractivity contribution is 9.10. The van der Waals surface area contributed by atoms with Gasteiger partial charge in [-0.15, -0.1) is 0 Å². The highest BCUT2D eigenvalue weighted by Crippen LogP contribution is 2.31. The third kappa shape index (κ3) is 4.72. The van der Waals surface area contributed by atoms with Gasteiger partial charge in [-0.25, -0.2) is 0 Å². The molecular formula is C18H29BrN2. The Bertz CT molecular complexity index is 479. The molecule has 2 nitrogen and oxygen atoms in total. The lowest BCUT2D eigenvalue weighted by Crippen LogP contribution is -2.40. The van der Waals surface area contributed by atoms with Crippen LogP contribution < -0.4 is 10.2 Å². The average Bonchev–Trinajstić information content (AvgIpc) is 2.36. The predicted molar refractivity (Wildman–Crippen MR) is 95.9 cm³/mol. The van der Waals surface area contributed by atoms with Crippen LogP contribution in [0.5, 0.6) is 0 Å². The fraction of sp³-hybridized carbons (Fsp3) is 0.667. The summed E-state index contributed by atoms with van der Waals surface area (Å²) in [6.07, 6.45) is 2.60. The Kier molecular flexibility index (Phi) is 5.37. The van der Waals surface area contributed by atoms with Gasteiger partial charge in [-0.2, -0.15) is 0 Å². The molecule has 1 saturated heterocycles. The number of hydrogen-bond acceptors (Lipinski definition) is 2. The van der Waals surface area contributed by atoms with E-state index in [4.69, 9.17) is 0 Å². The second kappa shape index (κ2) is 6.70. The fourth-order valence-electron chi connectivity index (χ4n) is 3.01. The standard InChI is InChI=1S/C18H29BrN2/c1-13-8-9-21(14(2)10-13)16-7-6-15(17(19)11-16)12-20-18(3,4)5/h6-7,11,13-14,20H,8-10,12H2,1-5H3. The summed E-state index contributed by atoms with van der Waals surface area (Å²) in [7, 11) is 0. The van der Waals surface area contributed by atoms with Crippen LogP contribution in [0.25, 0.3) is 0 Å². The summed E-state index contributed by atoms with van der Waals surface area (Å²) in [5.41, 5.74) is 2.82. The molecule has 2 unspecified atom stereocenters. The Labute approximate surface area is 138 Å². The predicted octanol–water partition coefficient (Wildman–Crippen LogP) is 4.96. The molecule has 0 spiro atoms. The molecule has 0 amide bonds. The van der Waals surface area contributed by atoms with Gasteiger partial charge in [0.1, 0.15) is 0 Å². The van der Waals surface area contributed by atoms with Gasteiger partial charge in [0.25, 0.3) is 0 Å². The van der Waals surface area contributed by atoms with E-state index in [9.17, 15) is 0 Å². The Morgan fingerprint density at radius 3 is 2.57 bits per heavy atom. The molecule has 3 heteroatoms. The maximum atomic E-state index is 3.75. The van der Waals surface area contributed by atoms with Gasteiger partial charge < -0.3 is 10.2 Å². The molecule has 1 aliphatic heterocycles. The summed E-state index contributed by atoms with van der Waals surface area (Å²) >= 11 is 3.75. The number of halogens is 1. The van der Waals surface area contributed by atoms with E-state index in [-0.39, 0.29) is 5.54 Å². The molecule has 1 heterocycles. The van der Waals surface area contributed by atoms with Gasteiger partial charge in [0.2, 0.25) is 0 Å². The molecular weight excluding hydrogens is 324 g/mol. The van der Waals surface area contributed by atoms with E-state index in [0.717, 1.165) is 12.5 Å². The molecule has 0 bridgehead atoms. The molecule has 21 heavy (non-hydrogen) atoms. The molecule has 1 fully saturated rings. The van der Waals surface area contributed by atoms with Crippen molar-refractivity contribution in [2.75, 3.05) is 11.4 Å². The minimum absolute atomic E-state index is 0.148. The Balaban J connectivity index is 2.08. The molecule has 0 aromatic heterocycles. The van der Waals surface area contributed by atoms with E-state index in [2.05, 4.69) is 79.0 Å². The lowest BCUT2D eigenvalue weighted by atomic mass is 9.93. The van der Waals surface area contributed by atoms with E-state index in [0.29, 0.717) is 6.04 Å². The van der Waals surface area contributed by atoms with Crippen molar-refractivity contribution in [3.63, 3.8) is 0 Å². The summed E-state index contributed by atoms with van der Waals surface area (Å²) in [6.45, 7) is 13.4. The Morgan fingerprint density at radius 2 is 2.00 bits per heavy atom. The third-order valence-electron chi connectivity index (χ3n) is 4.32. The van der Waals surface area contributed by atoms with Gasteiger partial charge in [-0.05, 0) is 64.2 Å². The van der Waals surface area contributed by atoms with Gasteiger partial charge >= 0.3 is 0 Å². The second-order valence-corrected chi connectivity index (χ2v) is 8.41. The molecule has 0 aliphatic carbocycles. The average molecular weight is 353 g/mol. The zero-order valence-corrected chi connectivity index (χ0v) is 15.6. The van der Waals surface area contributed by atoms with Gasteiger partial charge in [0, 0.05) is 34.8 Å². The van der Waals surface area contributed by atoms with Crippen LogP contribution in [-0.2, 0) is 6.54 Å². The van der Waals surface area contributed by atoms with Gasteiger partial charge in [-0.3, -0.25) is 0 Å². The van der Waals surface area contributed by atoms with Gasteiger partial charge in [0.05, 0.1) is 0 Å². The van der Waals surface area contributed by atoms with E-state index >= 15 is 0 Å². The second-order valence-electron chi connectivity index (χ2n) is 7.55. The van der Waals surface area contributed by atoms with Crippen LogP contribution >= 0.6 is 15.9 Å². The molecule has 1 aromatic rings. The SMILES string of the molecule is CC1CCN(c2ccc(CNC(C)(C)C)c(Br)c2)C(C)C1. The molecule has 2 atom stereocenters. The van der Waals surface area contributed by atoms with Crippen LogP contribution in [0, 0.1) is 5.92 Å². The number of piperidine rings is 1. The van der Waals surface area contributed by atoms with Crippen molar-refractivity contribution in [2.24, 2.45) is 5.92 Å². The number of anilines is 1. The molecule has 1 aromatic carbocycles. The van der Waals surface area contributed by atoms with Crippen LogP contribution in [0.1, 0.15) is 53.0 Å². The van der Waals surface area contributed by atoms with Crippen molar-refractivity contribution in [3.05, 3.63) is 28.2 Å². The van der Waals surface area contributed by atoms with Crippen molar-refractivity contribution in [1.29, 1.82) is 0 Å². The number of nitrogens with zero attached hydrogens (tertiary/aromatic N) is 1. The van der Waals surface area contributed by atoms with Gasteiger partial charge in [0.15, 0.2) is 0 Å². The molecule has 118 valence electrons. The summed E-state index contributed by atoms with van der Waals surface area (Å²) in [5.74, 6) is 0.856. The first-order chi connectivity index (χ1) is 9.76. The van der Waals surface area contributed by atoms with Crippen molar-refractivity contribution in [2.45, 2.75) is 65.6 Å². The maximum absolute atomic E-state index is 3.75. The zero-order valence-electron chi connectivity index (χ0n) is 14.0. The lowest BCUT2D eigenvalue weighted by Gasteiger charge is -2.38. The first-order valence-corrected chi connectivity index (χ1v) is 8.85. The highest BCUT2D eigenvalue weighted by Gasteiger charge is 2.23. The number of rotatable bonds is 3. The summed E-state index contributed by atoms with van der Waals surface area (Å²) in [5, 5.41) is 3.55. The van der Waals surface area contributed by atoms with Crippen LogP contribution in [0.3, 0.4) is 0 Å². The van der Waals surface area contributed by atoms with Crippen molar-refractivity contribution in [3.8, 4) is 0 Å². The molecule has 0 saturated carbocycles. The number of nitrogens with one attached hydrogen (secondary N) is 1.